The molecule has 1 aliphatic rings. The zero-order chi connectivity index (χ0) is 22.5. The molecule has 0 bridgehead atoms. The van der Waals surface area contributed by atoms with E-state index in [1.54, 1.807) is 16.2 Å². The average Bonchev–Trinajstić information content (AvgIpc) is 3.28. The normalized spacial score (nSPS) is 14.6. The summed E-state index contributed by atoms with van der Waals surface area (Å²) in [6, 6.07) is 14.3. The monoisotopic (exact) mass is 459 g/mol. The Bertz CT molecular complexity index is 1050. The Balaban J connectivity index is 1.34. The van der Waals surface area contributed by atoms with Gasteiger partial charge in [0.1, 0.15) is 5.01 Å². The van der Waals surface area contributed by atoms with Crippen molar-refractivity contribution in [1.29, 1.82) is 0 Å². The van der Waals surface area contributed by atoms with Gasteiger partial charge < -0.3 is 14.4 Å². The minimum atomic E-state index is -2.96. The molecule has 1 aliphatic heterocycles. The topological polar surface area (TPSA) is 54.9 Å². The van der Waals surface area contributed by atoms with E-state index in [4.69, 9.17) is 9.72 Å². The first-order valence-corrected chi connectivity index (χ1v) is 11.1. The number of carbonyl (C=O) groups excluding carboxylic acids is 1. The van der Waals surface area contributed by atoms with Gasteiger partial charge in [-0.1, -0.05) is 30.3 Å². The third-order valence-corrected chi connectivity index (χ3v) is 6.18. The first-order valence-electron chi connectivity index (χ1n) is 10.2. The molecule has 1 aromatic heterocycles. The summed E-state index contributed by atoms with van der Waals surface area (Å²) in [7, 11) is 1.35. The highest BCUT2D eigenvalue weighted by atomic mass is 32.1. The van der Waals surface area contributed by atoms with Gasteiger partial charge in [0.25, 0.3) is 5.91 Å². The van der Waals surface area contributed by atoms with Crippen molar-refractivity contribution in [2.45, 2.75) is 13.2 Å². The van der Waals surface area contributed by atoms with Gasteiger partial charge in [-0.3, -0.25) is 9.69 Å². The van der Waals surface area contributed by atoms with E-state index in [-0.39, 0.29) is 17.4 Å². The van der Waals surface area contributed by atoms with Crippen molar-refractivity contribution in [3.63, 3.8) is 0 Å². The van der Waals surface area contributed by atoms with Crippen LogP contribution in [0.15, 0.2) is 53.9 Å². The predicted octanol–water partition coefficient (Wildman–Crippen LogP) is 4.38. The molecule has 0 saturated carbocycles. The van der Waals surface area contributed by atoms with Crippen molar-refractivity contribution >= 4 is 17.2 Å². The molecule has 168 valence electrons. The van der Waals surface area contributed by atoms with Crippen LogP contribution in [0.1, 0.15) is 16.1 Å². The predicted molar refractivity (Wildman–Crippen MR) is 118 cm³/mol. The van der Waals surface area contributed by atoms with Crippen LogP contribution in [-0.2, 0) is 6.54 Å². The molecule has 32 heavy (non-hydrogen) atoms. The summed E-state index contributed by atoms with van der Waals surface area (Å²) in [4.78, 5) is 21.7. The number of ether oxygens (including phenoxy) is 2. The Morgan fingerprint density at radius 1 is 1.09 bits per heavy atom. The van der Waals surface area contributed by atoms with Crippen LogP contribution in [0, 0.1) is 0 Å². The lowest BCUT2D eigenvalue weighted by molar-refractivity contribution is -0.0512. The number of benzene rings is 2. The number of amides is 1. The number of methoxy groups -OCH3 is 1. The first kappa shape index (κ1) is 22.2. The number of piperazine rings is 1. The summed E-state index contributed by atoms with van der Waals surface area (Å²) in [5, 5.41) is 3.08. The van der Waals surface area contributed by atoms with Crippen molar-refractivity contribution in [3.05, 3.63) is 65.2 Å². The minimum absolute atomic E-state index is 0.0954. The van der Waals surface area contributed by atoms with E-state index in [2.05, 4.69) is 15.0 Å². The lowest BCUT2D eigenvalue weighted by Crippen LogP contribution is -2.48. The molecule has 3 aromatic rings. The first-order chi connectivity index (χ1) is 15.5. The molecular formula is C23H23F2N3O3S. The second kappa shape index (κ2) is 10.1. The Kier molecular flexibility index (Phi) is 6.96. The van der Waals surface area contributed by atoms with Crippen LogP contribution in [0.25, 0.3) is 10.6 Å². The third kappa shape index (κ3) is 5.23. The fourth-order valence-corrected chi connectivity index (χ4v) is 4.42. The fourth-order valence-electron chi connectivity index (χ4n) is 3.61. The van der Waals surface area contributed by atoms with Crippen molar-refractivity contribution in [2.24, 2.45) is 0 Å². The third-order valence-electron chi connectivity index (χ3n) is 5.24. The Morgan fingerprint density at radius 2 is 1.84 bits per heavy atom. The molecule has 0 unspecified atom stereocenters. The molecule has 1 fully saturated rings. The fraction of sp³-hybridized carbons (Fsp3) is 0.304. The van der Waals surface area contributed by atoms with E-state index in [1.807, 2.05) is 30.3 Å². The van der Waals surface area contributed by atoms with E-state index in [9.17, 15) is 13.6 Å². The van der Waals surface area contributed by atoms with Gasteiger partial charge in [-0.05, 0) is 18.2 Å². The highest BCUT2D eigenvalue weighted by molar-refractivity contribution is 7.13. The molecule has 0 atom stereocenters. The number of rotatable bonds is 7. The molecule has 4 rings (SSSR count). The Labute approximate surface area is 189 Å². The van der Waals surface area contributed by atoms with E-state index >= 15 is 0 Å². The van der Waals surface area contributed by atoms with E-state index < -0.39 is 6.61 Å². The number of nitrogens with zero attached hydrogens (tertiary/aromatic N) is 3. The standard InChI is InChI=1S/C23H23F2N3O3S/c1-30-20-13-17(7-8-19(20)31-23(24)25)22(29)28-11-9-27(10-12-28)14-18-15-32-21(26-18)16-5-3-2-4-6-16/h2-8,13,15,23H,9-12,14H2,1H3. The number of hydrogen-bond donors (Lipinski definition) is 0. The Hall–Kier alpha value is -3.04. The van der Waals surface area contributed by atoms with E-state index in [0.29, 0.717) is 18.7 Å². The van der Waals surface area contributed by atoms with Gasteiger partial charge in [0.15, 0.2) is 11.5 Å². The molecule has 2 heterocycles. The molecule has 1 saturated heterocycles. The zero-order valence-electron chi connectivity index (χ0n) is 17.5. The largest absolute Gasteiger partial charge is 0.493 e. The maximum absolute atomic E-state index is 12.9. The van der Waals surface area contributed by atoms with Crippen LogP contribution in [0.3, 0.4) is 0 Å². The number of hydrogen-bond acceptors (Lipinski definition) is 6. The van der Waals surface area contributed by atoms with Crippen LogP contribution in [0.5, 0.6) is 11.5 Å². The van der Waals surface area contributed by atoms with Crippen molar-refractivity contribution in [2.75, 3.05) is 33.3 Å². The van der Waals surface area contributed by atoms with Gasteiger partial charge in [-0.25, -0.2) is 4.98 Å². The highest BCUT2D eigenvalue weighted by Crippen LogP contribution is 2.30. The highest BCUT2D eigenvalue weighted by Gasteiger charge is 2.24. The molecule has 0 aliphatic carbocycles. The summed E-state index contributed by atoms with van der Waals surface area (Å²) in [5.74, 6) is -0.152. The lowest BCUT2D eigenvalue weighted by atomic mass is 10.1. The van der Waals surface area contributed by atoms with Crippen molar-refractivity contribution in [1.82, 2.24) is 14.8 Å². The molecule has 2 aromatic carbocycles. The Morgan fingerprint density at radius 3 is 2.53 bits per heavy atom. The van der Waals surface area contributed by atoms with Crippen LogP contribution in [0.4, 0.5) is 8.78 Å². The number of halogens is 2. The molecule has 9 heteroatoms. The maximum atomic E-state index is 12.9. The van der Waals surface area contributed by atoms with Crippen molar-refractivity contribution < 1.29 is 23.0 Å². The average molecular weight is 460 g/mol. The van der Waals surface area contributed by atoms with Crippen LogP contribution in [0.2, 0.25) is 0 Å². The molecule has 0 N–H and O–H groups in total. The quantitative estimate of drug-likeness (QED) is 0.525. The van der Waals surface area contributed by atoms with Gasteiger partial charge in [0, 0.05) is 49.2 Å². The molecule has 0 spiro atoms. The smallest absolute Gasteiger partial charge is 0.387 e. The molecule has 0 radical (unpaired) electrons. The second-order valence-electron chi connectivity index (χ2n) is 7.32. The summed E-state index contributed by atoms with van der Waals surface area (Å²) >= 11 is 1.63. The van der Waals surface area contributed by atoms with Gasteiger partial charge in [-0.15, -0.1) is 11.3 Å². The number of thiazole rings is 1. The van der Waals surface area contributed by atoms with Gasteiger partial charge >= 0.3 is 6.61 Å². The van der Waals surface area contributed by atoms with Gasteiger partial charge in [0.05, 0.1) is 12.8 Å². The summed E-state index contributed by atoms with van der Waals surface area (Å²) in [6.07, 6.45) is 0. The van der Waals surface area contributed by atoms with E-state index in [1.165, 1.54) is 25.3 Å². The number of aromatic nitrogens is 1. The van der Waals surface area contributed by atoms with Crippen LogP contribution >= 0.6 is 11.3 Å². The van der Waals surface area contributed by atoms with Crippen molar-refractivity contribution in [3.8, 4) is 22.1 Å². The number of alkyl halides is 2. The summed E-state index contributed by atoms with van der Waals surface area (Å²) in [5.41, 5.74) is 2.51. The van der Waals surface area contributed by atoms with Crippen LogP contribution < -0.4 is 9.47 Å². The summed E-state index contributed by atoms with van der Waals surface area (Å²) in [6.45, 7) is 0.387. The van der Waals surface area contributed by atoms with Crippen LogP contribution in [-0.4, -0.2) is 60.6 Å². The molecule has 1 amide bonds. The molecule has 6 nitrogen and oxygen atoms in total. The lowest BCUT2D eigenvalue weighted by Gasteiger charge is -2.34. The SMILES string of the molecule is COc1cc(C(=O)N2CCN(Cc3csc(-c4ccccc4)n3)CC2)ccc1OC(F)F. The summed E-state index contributed by atoms with van der Waals surface area (Å²) < 4.78 is 34.5. The van der Waals surface area contributed by atoms with Gasteiger partial charge in [0.2, 0.25) is 0 Å². The molecular weight excluding hydrogens is 436 g/mol. The zero-order valence-corrected chi connectivity index (χ0v) is 18.4. The second-order valence-corrected chi connectivity index (χ2v) is 8.18. The van der Waals surface area contributed by atoms with E-state index in [0.717, 1.165) is 35.9 Å². The number of carbonyl (C=O) groups is 1. The minimum Gasteiger partial charge on any atom is -0.493 e. The maximum Gasteiger partial charge on any atom is 0.387 e. The van der Waals surface area contributed by atoms with Gasteiger partial charge in [-0.2, -0.15) is 8.78 Å².